The van der Waals surface area contributed by atoms with Crippen LogP contribution in [0.4, 0.5) is 5.69 Å². The van der Waals surface area contributed by atoms with Crippen LogP contribution < -0.4 is 4.57 Å². The van der Waals surface area contributed by atoms with Gasteiger partial charge in [0.05, 0.1) is 0 Å². The standard InChI is InChI=1S/C19H29N2/c1-21-13-12-17-14-16-8-6-4-2-3-5-7-9-18(11-10-16)20-19(17)15-21/h12-13,15-16H,2-11,14H2,1H3/q+1. The fourth-order valence-corrected chi connectivity index (χ4v) is 3.79. The molecule has 114 valence electrons. The Kier molecular flexibility index (Phi) is 5.05. The summed E-state index contributed by atoms with van der Waals surface area (Å²) in [5.41, 5.74) is 4.15. The highest BCUT2D eigenvalue weighted by molar-refractivity contribution is 5.87. The molecule has 0 N–H and O–H groups in total. The largest absolute Gasteiger partial charge is 0.251 e. The van der Waals surface area contributed by atoms with Crippen LogP contribution in [-0.2, 0) is 13.5 Å². The first-order chi connectivity index (χ1) is 10.3. The van der Waals surface area contributed by atoms with Crippen molar-refractivity contribution in [2.45, 2.75) is 70.6 Å². The average molecular weight is 285 g/mol. The van der Waals surface area contributed by atoms with Gasteiger partial charge in [0.25, 0.3) is 0 Å². The maximum atomic E-state index is 5.04. The van der Waals surface area contributed by atoms with Crippen molar-refractivity contribution < 1.29 is 4.57 Å². The highest BCUT2D eigenvalue weighted by Crippen LogP contribution is 2.30. The van der Waals surface area contributed by atoms with E-state index in [4.69, 9.17) is 4.99 Å². The van der Waals surface area contributed by atoms with Crippen LogP contribution in [0, 0.1) is 5.92 Å². The molecule has 3 rings (SSSR count). The zero-order valence-corrected chi connectivity index (χ0v) is 13.5. The number of aromatic nitrogens is 1. The van der Waals surface area contributed by atoms with Crippen molar-refractivity contribution in [3.05, 3.63) is 24.0 Å². The fourth-order valence-electron chi connectivity index (χ4n) is 3.79. The van der Waals surface area contributed by atoms with Crippen LogP contribution in [0.1, 0.15) is 69.8 Å². The molecule has 0 saturated heterocycles. The summed E-state index contributed by atoms with van der Waals surface area (Å²) in [4.78, 5) is 5.04. The van der Waals surface area contributed by atoms with E-state index in [2.05, 4.69) is 30.1 Å². The Balaban J connectivity index is 1.89. The van der Waals surface area contributed by atoms with Gasteiger partial charge in [-0.2, -0.15) is 0 Å². The fraction of sp³-hybridized carbons (Fsp3) is 0.684. The van der Waals surface area contributed by atoms with Crippen LogP contribution in [0.3, 0.4) is 0 Å². The van der Waals surface area contributed by atoms with Crippen LogP contribution >= 0.6 is 0 Å². The number of hydrogen-bond donors (Lipinski definition) is 0. The number of rotatable bonds is 0. The predicted molar refractivity (Wildman–Crippen MR) is 88.1 cm³/mol. The third-order valence-electron chi connectivity index (χ3n) is 5.12. The third kappa shape index (κ3) is 4.15. The Morgan fingerprint density at radius 1 is 1.00 bits per heavy atom. The van der Waals surface area contributed by atoms with Gasteiger partial charge < -0.3 is 0 Å². The normalized spacial score (nSPS) is 24.0. The molecule has 1 aromatic rings. The molecule has 2 bridgehead atoms. The molecule has 1 fully saturated rings. The zero-order valence-electron chi connectivity index (χ0n) is 13.5. The van der Waals surface area contributed by atoms with Crippen LogP contribution in [0.2, 0.25) is 0 Å². The molecule has 1 aliphatic carbocycles. The molecule has 1 atom stereocenters. The maximum absolute atomic E-state index is 5.04. The summed E-state index contributed by atoms with van der Waals surface area (Å²) in [5, 5.41) is 0. The second-order valence-electron chi connectivity index (χ2n) is 6.97. The van der Waals surface area contributed by atoms with Gasteiger partial charge in [0.15, 0.2) is 12.4 Å². The van der Waals surface area contributed by atoms with E-state index in [0.717, 1.165) is 5.92 Å². The lowest BCUT2D eigenvalue weighted by Gasteiger charge is -2.21. The number of pyridine rings is 1. The molecule has 1 unspecified atom stereocenters. The molecular formula is C19H29N2+. The molecule has 0 amide bonds. The van der Waals surface area contributed by atoms with Gasteiger partial charge in [0, 0.05) is 11.8 Å². The van der Waals surface area contributed by atoms with Gasteiger partial charge in [0.2, 0.25) is 0 Å². The van der Waals surface area contributed by atoms with E-state index >= 15 is 0 Å². The van der Waals surface area contributed by atoms with Crippen LogP contribution in [0.25, 0.3) is 0 Å². The summed E-state index contributed by atoms with van der Waals surface area (Å²) in [5.74, 6) is 0.862. The molecule has 0 spiro atoms. The first kappa shape index (κ1) is 14.7. The van der Waals surface area contributed by atoms with Crippen molar-refractivity contribution in [2.24, 2.45) is 18.0 Å². The van der Waals surface area contributed by atoms with Crippen molar-refractivity contribution in [1.82, 2.24) is 0 Å². The molecule has 1 aromatic heterocycles. The number of aryl methyl sites for hydroxylation is 1. The summed E-state index contributed by atoms with van der Waals surface area (Å²) >= 11 is 0. The average Bonchev–Trinajstić information content (AvgIpc) is 2.45. The highest BCUT2D eigenvalue weighted by atomic mass is 14.9. The van der Waals surface area contributed by atoms with Crippen LogP contribution in [-0.4, -0.2) is 5.71 Å². The Hall–Kier alpha value is -1.18. The van der Waals surface area contributed by atoms with Crippen LogP contribution in [0.15, 0.2) is 23.5 Å². The molecule has 2 heteroatoms. The minimum atomic E-state index is 0.862. The molecule has 2 nitrogen and oxygen atoms in total. The van der Waals surface area contributed by atoms with Gasteiger partial charge in [-0.3, -0.25) is 4.99 Å². The zero-order chi connectivity index (χ0) is 14.5. The van der Waals surface area contributed by atoms with Crippen molar-refractivity contribution in [3.8, 4) is 0 Å². The molecule has 2 aliphatic rings. The van der Waals surface area contributed by atoms with Gasteiger partial charge in [-0.1, -0.05) is 38.5 Å². The van der Waals surface area contributed by atoms with E-state index in [1.54, 1.807) is 0 Å². The first-order valence-corrected chi connectivity index (χ1v) is 8.86. The highest BCUT2D eigenvalue weighted by Gasteiger charge is 2.19. The minimum Gasteiger partial charge on any atom is -0.251 e. The molecule has 0 radical (unpaired) electrons. The van der Waals surface area contributed by atoms with Crippen molar-refractivity contribution in [3.63, 3.8) is 0 Å². The van der Waals surface area contributed by atoms with E-state index in [1.165, 1.54) is 87.6 Å². The lowest BCUT2D eigenvalue weighted by atomic mass is 9.86. The van der Waals surface area contributed by atoms with Gasteiger partial charge in [-0.25, -0.2) is 4.57 Å². The monoisotopic (exact) mass is 285 g/mol. The Morgan fingerprint density at radius 3 is 2.71 bits per heavy atom. The Labute approximate surface area is 129 Å². The van der Waals surface area contributed by atoms with Crippen LogP contribution in [0.5, 0.6) is 0 Å². The van der Waals surface area contributed by atoms with E-state index < -0.39 is 0 Å². The number of nitrogens with zero attached hydrogens (tertiary/aromatic N) is 2. The summed E-state index contributed by atoms with van der Waals surface area (Å²) < 4.78 is 2.14. The van der Waals surface area contributed by atoms with Gasteiger partial charge in [0.1, 0.15) is 12.7 Å². The number of aliphatic imine (C=N–C) groups is 1. The molecule has 1 saturated carbocycles. The SMILES string of the molecule is C[n+]1ccc2c(c1)N=C1CCCCCCCCC(CC1)C2. The third-order valence-corrected chi connectivity index (χ3v) is 5.12. The van der Waals surface area contributed by atoms with Crippen molar-refractivity contribution in [1.29, 1.82) is 0 Å². The van der Waals surface area contributed by atoms with Gasteiger partial charge >= 0.3 is 0 Å². The van der Waals surface area contributed by atoms with E-state index in [-0.39, 0.29) is 0 Å². The quantitative estimate of drug-likeness (QED) is 0.616. The first-order valence-electron chi connectivity index (χ1n) is 8.86. The second-order valence-corrected chi connectivity index (χ2v) is 6.97. The summed E-state index contributed by atoms with van der Waals surface area (Å²) in [6.07, 6.45) is 19.2. The number of hydrogen-bond acceptors (Lipinski definition) is 1. The summed E-state index contributed by atoms with van der Waals surface area (Å²) in [6, 6.07) is 2.29. The summed E-state index contributed by atoms with van der Waals surface area (Å²) in [6.45, 7) is 0. The maximum Gasteiger partial charge on any atom is 0.194 e. The summed E-state index contributed by atoms with van der Waals surface area (Å²) in [7, 11) is 2.10. The smallest absolute Gasteiger partial charge is 0.194 e. The molecular weight excluding hydrogens is 256 g/mol. The van der Waals surface area contributed by atoms with Crippen molar-refractivity contribution >= 4 is 11.4 Å². The van der Waals surface area contributed by atoms with Crippen molar-refractivity contribution in [2.75, 3.05) is 0 Å². The van der Waals surface area contributed by atoms with Gasteiger partial charge in [-0.05, 0) is 43.6 Å². The topological polar surface area (TPSA) is 16.2 Å². The molecule has 21 heavy (non-hydrogen) atoms. The second kappa shape index (κ2) is 7.20. The molecule has 1 aliphatic heterocycles. The lowest BCUT2D eigenvalue weighted by molar-refractivity contribution is -0.671. The predicted octanol–water partition coefficient (Wildman–Crippen LogP) is 4.67. The Morgan fingerprint density at radius 2 is 1.81 bits per heavy atom. The van der Waals surface area contributed by atoms with E-state index in [0.29, 0.717) is 0 Å². The molecule has 2 heterocycles. The minimum absolute atomic E-state index is 0.862. The lowest BCUT2D eigenvalue weighted by Crippen LogP contribution is -2.27. The Bertz CT molecular complexity index is 504. The van der Waals surface area contributed by atoms with Gasteiger partial charge in [-0.15, -0.1) is 0 Å². The van der Waals surface area contributed by atoms with E-state index in [9.17, 15) is 0 Å². The molecule has 0 aromatic carbocycles. The van der Waals surface area contributed by atoms with E-state index in [1.807, 2.05) is 0 Å². The number of fused-ring (bicyclic) bond motifs is 4.